The van der Waals surface area contributed by atoms with E-state index in [1.165, 1.54) is 122 Å². The van der Waals surface area contributed by atoms with Crippen molar-refractivity contribution >= 4 is 39.5 Å². The maximum absolute atomic E-state index is 13.0. The fourth-order valence-corrected chi connectivity index (χ4v) is 11.5. The van der Waals surface area contributed by atoms with Gasteiger partial charge in [0, 0.05) is 25.7 Å². The lowest BCUT2D eigenvalue weighted by Gasteiger charge is -2.21. The average molecular weight is 1270 g/mol. The van der Waals surface area contributed by atoms with Gasteiger partial charge in [-0.1, -0.05) is 274 Å². The van der Waals surface area contributed by atoms with Gasteiger partial charge in [-0.3, -0.25) is 37.3 Å². The molecule has 0 amide bonds. The molecule has 3 unspecified atom stereocenters. The third kappa shape index (κ3) is 60.9. The van der Waals surface area contributed by atoms with Crippen LogP contribution in [-0.4, -0.2) is 96.7 Å². The summed E-state index contributed by atoms with van der Waals surface area (Å²) in [7, 11) is -9.89. The lowest BCUT2D eigenvalue weighted by molar-refractivity contribution is -0.161. The fourth-order valence-electron chi connectivity index (χ4n) is 9.96. The summed E-state index contributed by atoms with van der Waals surface area (Å²) >= 11 is 0. The summed E-state index contributed by atoms with van der Waals surface area (Å²) < 4.78 is 68.1. The highest BCUT2D eigenvalue weighted by molar-refractivity contribution is 7.47. The van der Waals surface area contributed by atoms with E-state index in [0.717, 1.165) is 108 Å². The van der Waals surface area contributed by atoms with Crippen LogP contribution in [0, 0.1) is 23.7 Å². The number of ether oxygens (including phenoxy) is 4. The molecule has 0 fully saturated rings. The molecule has 0 aromatic heterocycles. The van der Waals surface area contributed by atoms with Crippen LogP contribution in [-0.2, 0) is 65.4 Å². The summed E-state index contributed by atoms with van der Waals surface area (Å²) in [5, 5.41) is 10.6. The van der Waals surface area contributed by atoms with Gasteiger partial charge in [0.05, 0.1) is 26.4 Å². The number of unbranched alkanes of at least 4 members (excludes halogenated alkanes) is 30. The molecule has 0 rings (SSSR count). The van der Waals surface area contributed by atoms with Gasteiger partial charge >= 0.3 is 39.5 Å². The van der Waals surface area contributed by atoms with Gasteiger partial charge in [-0.25, -0.2) is 9.13 Å². The first-order valence-electron chi connectivity index (χ1n) is 34.7. The van der Waals surface area contributed by atoms with Crippen molar-refractivity contribution in [2.45, 2.75) is 343 Å². The Labute approximate surface area is 524 Å². The summed E-state index contributed by atoms with van der Waals surface area (Å²) in [6.07, 6.45) is 37.8. The number of carbonyl (C=O) groups is 4. The van der Waals surface area contributed by atoms with Crippen LogP contribution in [0.1, 0.15) is 325 Å². The molecule has 86 heavy (non-hydrogen) atoms. The van der Waals surface area contributed by atoms with Gasteiger partial charge in [0.25, 0.3) is 0 Å². The van der Waals surface area contributed by atoms with Crippen LogP contribution in [0.4, 0.5) is 0 Å². The minimum Gasteiger partial charge on any atom is -0.462 e. The zero-order valence-corrected chi connectivity index (χ0v) is 57.7. The van der Waals surface area contributed by atoms with E-state index in [1.54, 1.807) is 0 Å². The van der Waals surface area contributed by atoms with Crippen molar-refractivity contribution in [1.82, 2.24) is 0 Å². The lowest BCUT2D eigenvalue weighted by atomic mass is 10.0. The third-order valence-corrected chi connectivity index (χ3v) is 17.2. The minimum absolute atomic E-state index is 0.101. The Hall–Kier alpha value is -1.94. The molecule has 19 heteroatoms. The van der Waals surface area contributed by atoms with Crippen LogP contribution in [0.5, 0.6) is 0 Å². The van der Waals surface area contributed by atoms with Crippen molar-refractivity contribution in [2.24, 2.45) is 23.7 Å². The predicted molar refractivity (Wildman–Crippen MR) is 344 cm³/mol. The second kappa shape index (κ2) is 57.0. The number of phosphoric acid groups is 2. The maximum atomic E-state index is 13.0. The highest BCUT2D eigenvalue weighted by Crippen LogP contribution is 2.45. The topological polar surface area (TPSA) is 237 Å². The Kier molecular flexibility index (Phi) is 55.7. The van der Waals surface area contributed by atoms with Gasteiger partial charge in [-0.2, -0.15) is 0 Å². The van der Waals surface area contributed by atoms with E-state index in [1.807, 2.05) is 0 Å². The maximum Gasteiger partial charge on any atom is 0.472 e. The molecule has 0 aliphatic heterocycles. The van der Waals surface area contributed by atoms with Crippen molar-refractivity contribution < 1.29 is 80.2 Å². The van der Waals surface area contributed by atoms with E-state index < -0.39 is 97.5 Å². The average Bonchev–Trinajstić information content (AvgIpc) is 3.54. The molecule has 510 valence electrons. The van der Waals surface area contributed by atoms with Crippen LogP contribution >= 0.6 is 15.6 Å². The largest absolute Gasteiger partial charge is 0.472 e. The summed E-state index contributed by atoms with van der Waals surface area (Å²) in [5.74, 6) is 0.754. The minimum atomic E-state index is -4.95. The van der Waals surface area contributed by atoms with E-state index in [-0.39, 0.29) is 25.7 Å². The van der Waals surface area contributed by atoms with E-state index >= 15 is 0 Å². The number of esters is 4. The van der Waals surface area contributed by atoms with Crippen molar-refractivity contribution in [3.63, 3.8) is 0 Å². The summed E-state index contributed by atoms with van der Waals surface area (Å²) in [6, 6.07) is 0. The van der Waals surface area contributed by atoms with Gasteiger partial charge < -0.3 is 33.8 Å². The molecular formula is C67H130O17P2. The molecular weight excluding hydrogens is 1140 g/mol. The summed E-state index contributed by atoms with van der Waals surface area (Å²) in [5.41, 5.74) is 0. The van der Waals surface area contributed by atoms with Gasteiger partial charge in [-0.15, -0.1) is 0 Å². The van der Waals surface area contributed by atoms with Gasteiger partial charge in [0.2, 0.25) is 0 Å². The van der Waals surface area contributed by atoms with Crippen molar-refractivity contribution in [2.75, 3.05) is 39.6 Å². The van der Waals surface area contributed by atoms with E-state index in [4.69, 9.17) is 37.0 Å². The van der Waals surface area contributed by atoms with Crippen LogP contribution < -0.4 is 0 Å². The second-order valence-electron chi connectivity index (χ2n) is 26.1. The fraction of sp³-hybridized carbons (Fsp3) is 0.940. The van der Waals surface area contributed by atoms with Gasteiger partial charge in [0.1, 0.15) is 19.3 Å². The van der Waals surface area contributed by atoms with Crippen LogP contribution in [0.25, 0.3) is 0 Å². The van der Waals surface area contributed by atoms with Gasteiger partial charge in [0.15, 0.2) is 12.2 Å². The third-order valence-electron chi connectivity index (χ3n) is 15.3. The molecule has 0 aliphatic carbocycles. The number of carbonyl (C=O) groups excluding carboxylic acids is 4. The van der Waals surface area contributed by atoms with Crippen molar-refractivity contribution in [3.05, 3.63) is 0 Å². The monoisotopic (exact) mass is 1270 g/mol. The number of aliphatic hydroxyl groups is 1. The van der Waals surface area contributed by atoms with E-state index in [9.17, 15) is 43.2 Å². The second-order valence-corrected chi connectivity index (χ2v) is 29.0. The molecule has 0 aliphatic rings. The Balaban J connectivity index is 5.21. The first-order valence-corrected chi connectivity index (χ1v) is 37.7. The Morgan fingerprint density at radius 2 is 0.488 bits per heavy atom. The standard InChI is InChI=1S/C67H130O17P2/c1-57(2)43-35-27-19-14-11-9-10-12-16-22-31-39-47-64(69)77-54-63(84-67(72)50-42-34-26-25-30-38-46-60(7)8)56-82-86(75,76)80-52-61(68)51-79-85(73,74)81-55-62(53-78-65(70)48-40-32-24-18-21-29-37-45-59(5)6)83-66(71)49-41-33-23-17-13-15-20-28-36-44-58(3)4/h57-63,68H,9-56H2,1-8H3,(H,73,74)(H,75,76)/t61?,62-,63-/m1/s1. The molecule has 0 heterocycles. The Morgan fingerprint density at radius 1 is 0.291 bits per heavy atom. The Bertz CT molecular complexity index is 1710. The Morgan fingerprint density at radius 3 is 0.721 bits per heavy atom. The predicted octanol–water partition coefficient (Wildman–Crippen LogP) is 18.5. The number of hydrogen-bond donors (Lipinski definition) is 3. The zero-order chi connectivity index (χ0) is 63.9. The van der Waals surface area contributed by atoms with E-state index in [2.05, 4.69) is 55.4 Å². The first-order chi connectivity index (χ1) is 41.1. The number of phosphoric ester groups is 2. The SMILES string of the molecule is CC(C)CCCCCCCCCCCCCCC(=O)OC[C@H](COP(=O)(O)OCC(O)COP(=O)(O)OC[C@@H](COC(=O)CCCCCCCCCC(C)C)OC(=O)CCCCCCCCCCCC(C)C)OC(=O)CCCCCCCCC(C)C. The van der Waals surface area contributed by atoms with Crippen LogP contribution in [0.15, 0.2) is 0 Å². The van der Waals surface area contributed by atoms with Crippen LogP contribution in [0.2, 0.25) is 0 Å². The molecule has 0 saturated heterocycles. The number of hydrogen-bond acceptors (Lipinski definition) is 15. The first kappa shape index (κ1) is 84.1. The molecule has 0 spiro atoms. The lowest BCUT2D eigenvalue weighted by Crippen LogP contribution is -2.30. The highest BCUT2D eigenvalue weighted by Gasteiger charge is 2.30. The smallest absolute Gasteiger partial charge is 0.462 e. The molecule has 0 radical (unpaired) electrons. The number of rotatable bonds is 64. The molecule has 17 nitrogen and oxygen atoms in total. The normalized spacial score (nSPS) is 14.4. The molecule has 0 aromatic carbocycles. The molecule has 5 atom stereocenters. The molecule has 0 saturated carbocycles. The van der Waals surface area contributed by atoms with Crippen molar-refractivity contribution in [3.8, 4) is 0 Å². The van der Waals surface area contributed by atoms with Crippen LogP contribution in [0.3, 0.4) is 0 Å². The van der Waals surface area contributed by atoms with E-state index in [0.29, 0.717) is 37.5 Å². The summed E-state index contributed by atoms with van der Waals surface area (Å²) in [4.78, 5) is 72.3. The summed E-state index contributed by atoms with van der Waals surface area (Å²) in [6.45, 7) is 14.0. The molecule has 3 N–H and O–H groups in total. The molecule has 0 aromatic rings. The highest BCUT2D eigenvalue weighted by atomic mass is 31.2. The molecule has 0 bridgehead atoms. The zero-order valence-electron chi connectivity index (χ0n) is 55.9. The van der Waals surface area contributed by atoms with Crippen molar-refractivity contribution in [1.29, 1.82) is 0 Å². The van der Waals surface area contributed by atoms with Gasteiger partial charge in [-0.05, 0) is 49.4 Å². The number of aliphatic hydroxyl groups excluding tert-OH is 1. The quantitative estimate of drug-likeness (QED) is 0.0222.